The number of hydrogen-bond acceptors (Lipinski definition) is 4. The van der Waals surface area contributed by atoms with Crippen LogP contribution in [0.25, 0.3) is 0 Å². The molecular formula is C11H10F2N4O2. The largest absolute Gasteiger partial charge is 0.321 e. The van der Waals surface area contributed by atoms with Gasteiger partial charge in [-0.1, -0.05) is 12.1 Å². The van der Waals surface area contributed by atoms with E-state index in [2.05, 4.69) is 10.2 Å². The molecule has 2 aromatic rings. The second-order valence-corrected chi connectivity index (χ2v) is 4.05. The van der Waals surface area contributed by atoms with Crippen LogP contribution in [0.1, 0.15) is 11.4 Å². The second-order valence-electron chi connectivity index (χ2n) is 4.05. The van der Waals surface area contributed by atoms with Crippen molar-refractivity contribution in [3.63, 3.8) is 0 Å². The molecule has 0 N–H and O–H groups in total. The van der Waals surface area contributed by atoms with Crippen molar-refractivity contribution < 1.29 is 13.7 Å². The zero-order chi connectivity index (χ0) is 14.0. The van der Waals surface area contributed by atoms with Gasteiger partial charge < -0.3 is 4.57 Å². The smallest absolute Gasteiger partial charge is 0.280 e. The summed E-state index contributed by atoms with van der Waals surface area (Å²) in [6.07, 6.45) is 0.656. The second kappa shape index (κ2) is 4.71. The van der Waals surface area contributed by atoms with Crippen LogP contribution in [-0.2, 0) is 19.4 Å². The van der Waals surface area contributed by atoms with Gasteiger partial charge in [0.2, 0.25) is 0 Å². The van der Waals surface area contributed by atoms with Gasteiger partial charge in [0.1, 0.15) is 12.2 Å². The first kappa shape index (κ1) is 13.1. The summed E-state index contributed by atoms with van der Waals surface area (Å²) in [4.78, 5) is 9.88. The fraction of sp³-hybridized carbons (Fsp3) is 0.273. The highest BCUT2D eigenvalue weighted by Gasteiger charge is 2.34. The maximum absolute atomic E-state index is 14.0. The van der Waals surface area contributed by atoms with Crippen LogP contribution in [0.2, 0.25) is 0 Å². The monoisotopic (exact) mass is 268 g/mol. The Morgan fingerprint density at radius 3 is 2.79 bits per heavy atom. The highest BCUT2D eigenvalue weighted by atomic mass is 19.3. The average Bonchev–Trinajstić information content (AvgIpc) is 2.74. The maximum atomic E-state index is 14.0. The lowest BCUT2D eigenvalue weighted by molar-refractivity contribution is -0.385. The third-order valence-electron chi connectivity index (χ3n) is 2.66. The number of benzene rings is 1. The van der Waals surface area contributed by atoms with Gasteiger partial charge in [-0.15, -0.1) is 10.2 Å². The Morgan fingerprint density at radius 1 is 1.47 bits per heavy atom. The van der Waals surface area contributed by atoms with Crippen molar-refractivity contribution in [2.45, 2.75) is 12.3 Å². The summed E-state index contributed by atoms with van der Waals surface area (Å²) in [5.74, 6) is -3.14. The molecule has 2 rings (SSSR count). The van der Waals surface area contributed by atoms with Gasteiger partial charge in [0, 0.05) is 24.7 Å². The van der Waals surface area contributed by atoms with E-state index >= 15 is 0 Å². The number of alkyl halides is 2. The van der Waals surface area contributed by atoms with Crippen molar-refractivity contribution in [2.75, 3.05) is 0 Å². The molecule has 1 aromatic carbocycles. The number of rotatable bonds is 4. The average molecular weight is 268 g/mol. The predicted molar refractivity (Wildman–Crippen MR) is 61.7 cm³/mol. The Morgan fingerprint density at radius 2 is 2.21 bits per heavy atom. The molecule has 6 nitrogen and oxygen atoms in total. The molecule has 100 valence electrons. The minimum atomic E-state index is -3.24. The quantitative estimate of drug-likeness (QED) is 0.628. The molecular weight excluding hydrogens is 258 g/mol. The Balaban J connectivity index is 2.31. The van der Waals surface area contributed by atoms with E-state index in [-0.39, 0.29) is 11.5 Å². The van der Waals surface area contributed by atoms with Crippen molar-refractivity contribution in [3.8, 4) is 0 Å². The number of nitrogens with zero attached hydrogens (tertiary/aromatic N) is 4. The van der Waals surface area contributed by atoms with Gasteiger partial charge in [0.05, 0.1) is 11.3 Å². The summed E-state index contributed by atoms with van der Waals surface area (Å²) in [5.41, 5.74) is -0.778. The Hall–Kier alpha value is -2.38. The molecule has 0 fully saturated rings. The van der Waals surface area contributed by atoms with Crippen molar-refractivity contribution in [2.24, 2.45) is 7.05 Å². The van der Waals surface area contributed by atoms with Crippen molar-refractivity contribution in [3.05, 3.63) is 52.1 Å². The van der Waals surface area contributed by atoms with E-state index in [1.165, 1.54) is 23.0 Å². The lowest BCUT2D eigenvalue weighted by atomic mass is 10.0. The van der Waals surface area contributed by atoms with E-state index in [1.54, 1.807) is 7.05 Å². The van der Waals surface area contributed by atoms with Crippen molar-refractivity contribution >= 4 is 5.69 Å². The van der Waals surface area contributed by atoms with Gasteiger partial charge in [-0.2, -0.15) is 0 Å². The normalized spacial score (nSPS) is 11.5. The zero-order valence-electron chi connectivity index (χ0n) is 9.96. The van der Waals surface area contributed by atoms with E-state index in [9.17, 15) is 18.9 Å². The lowest BCUT2D eigenvalue weighted by Gasteiger charge is -2.15. The molecule has 19 heavy (non-hydrogen) atoms. The standard InChI is InChI=1S/C11H10F2N4O2/c1-16-7-14-15-10(16)6-11(12,13)8-3-2-4-9(5-8)17(18)19/h2-5,7H,6H2,1H3. The van der Waals surface area contributed by atoms with Gasteiger partial charge in [-0.3, -0.25) is 10.1 Å². The molecule has 0 spiro atoms. The van der Waals surface area contributed by atoms with Crippen LogP contribution < -0.4 is 0 Å². The van der Waals surface area contributed by atoms with Crippen molar-refractivity contribution in [1.29, 1.82) is 0 Å². The molecule has 0 radical (unpaired) electrons. The number of aromatic nitrogens is 3. The lowest BCUT2D eigenvalue weighted by Crippen LogP contribution is -2.19. The number of hydrogen-bond donors (Lipinski definition) is 0. The molecule has 0 unspecified atom stereocenters. The van der Waals surface area contributed by atoms with Gasteiger partial charge in [-0.05, 0) is 0 Å². The van der Waals surface area contributed by atoms with Gasteiger partial charge in [-0.25, -0.2) is 8.78 Å². The molecule has 0 aliphatic rings. The third kappa shape index (κ3) is 2.72. The molecule has 0 saturated carbocycles. The Kier molecular flexibility index (Phi) is 3.24. The first-order valence-electron chi connectivity index (χ1n) is 5.36. The first-order chi connectivity index (χ1) is 8.90. The zero-order valence-corrected chi connectivity index (χ0v) is 9.96. The molecule has 8 heteroatoms. The van der Waals surface area contributed by atoms with E-state index in [1.807, 2.05) is 0 Å². The Bertz CT molecular complexity index is 612. The predicted octanol–water partition coefficient (Wildman–Crippen LogP) is 2.06. The van der Waals surface area contributed by atoms with Gasteiger partial charge >= 0.3 is 0 Å². The Labute approximate surface area is 106 Å². The molecule has 0 aliphatic carbocycles. The SMILES string of the molecule is Cn1cnnc1CC(F)(F)c1cccc([N+](=O)[O-])c1. The molecule has 0 bridgehead atoms. The van der Waals surface area contributed by atoms with Crippen LogP contribution in [-0.4, -0.2) is 19.7 Å². The summed E-state index contributed by atoms with van der Waals surface area (Å²) in [7, 11) is 1.55. The van der Waals surface area contributed by atoms with Crippen LogP contribution in [0.3, 0.4) is 0 Å². The van der Waals surface area contributed by atoms with Crippen LogP contribution in [0.15, 0.2) is 30.6 Å². The van der Waals surface area contributed by atoms with Crippen LogP contribution in [0, 0.1) is 10.1 Å². The van der Waals surface area contributed by atoms with Crippen molar-refractivity contribution in [1.82, 2.24) is 14.8 Å². The molecule has 0 aliphatic heterocycles. The number of nitro benzene ring substituents is 1. The molecule has 1 heterocycles. The van der Waals surface area contributed by atoms with E-state index in [0.717, 1.165) is 12.1 Å². The summed E-state index contributed by atoms with van der Waals surface area (Å²) >= 11 is 0. The molecule has 0 atom stereocenters. The van der Waals surface area contributed by atoms with Gasteiger partial charge in [0.25, 0.3) is 11.6 Å². The first-order valence-corrected chi connectivity index (χ1v) is 5.36. The third-order valence-corrected chi connectivity index (χ3v) is 2.66. The highest BCUT2D eigenvalue weighted by Crippen LogP contribution is 2.33. The summed E-state index contributed by atoms with van der Waals surface area (Å²) in [6.45, 7) is 0. The fourth-order valence-electron chi connectivity index (χ4n) is 1.61. The minimum Gasteiger partial charge on any atom is -0.321 e. The topological polar surface area (TPSA) is 73.8 Å². The molecule has 0 saturated heterocycles. The number of non-ortho nitro benzene ring substituents is 1. The summed E-state index contributed by atoms with van der Waals surface area (Å²) in [6, 6.07) is 4.43. The number of nitro groups is 1. The fourth-order valence-corrected chi connectivity index (χ4v) is 1.61. The van der Waals surface area contributed by atoms with Gasteiger partial charge in [0.15, 0.2) is 0 Å². The van der Waals surface area contributed by atoms with E-state index < -0.39 is 22.8 Å². The van der Waals surface area contributed by atoms with Crippen LogP contribution in [0.5, 0.6) is 0 Å². The highest BCUT2D eigenvalue weighted by molar-refractivity contribution is 5.36. The number of halogens is 2. The molecule has 1 aromatic heterocycles. The van der Waals surface area contributed by atoms with Crippen LogP contribution in [0.4, 0.5) is 14.5 Å². The van der Waals surface area contributed by atoms with Crippen LogP contribution >= 0.6 is 0 Å². The molecule has 0 amide bonds. The van der Waals surface area contributed by atoms with E-state index in [0.29, 0.717) is 0 Å². The summed E-state index contributed by atoms with van der Waals surface area (Å²) < 4.78 is 29.5. The summed E-state index contributed by atoms with van der Waals surface area (Å²) in [5, 5.41) is 17.7. The minimum absolute atomic E-state index is 0.108. The maximum Gasteiger partial charge on any atom is 0.280 e. The number of aryl methyl sites for hydroxylation is 1. The van der Waals surface area contributed by atoms with E-state index in [4.69, 9.17) is 0 Å².